The predicted molar refractivity (Wildman–Crippen MR) is 63.7 cm³/mol. The molecule has 2 rings (SSSR count). The van der Waals surface area contributed by atoms with Gasteiger partial charge in [-0.3, -0.25) is 0 Å². The van der Waals surface area contributed by atoms with Crippen molar-refractivity contribution in [2.24, 2.45) is 5.92 Å². The monoisotopic (exact) mass is 207 g/mol. The van der Waals surface area contributed by atoms with Crippen LogP contribution in [0.2, 0.25) is 0 Å². The highest BCUT2D eigenvalue weighted by Gasteiger charge is 2.20. The Hall–Kier alpha value is -0.630. The van der Waals surface area contributed by atoms with Gasteiger partial charge in [-0.2, -0.15) is 0 Å². The number of hydrogen-bond donors (Lipinski definition) is 1. The Kier molecular flexibility index (Phi) is 3.02. The highest BCUT2D eigenvalue weighted by atomic mass is 32.2. The van der Waals surface area contributed by atoms with E-state index in [1.54, 1.807) is 0 Å². The second kappa shape index (κ2) is 4.26. The van der Waals surface area contributed by atoms with Crippen LogP contribution < -0.4 is 5.73 Å². The smallest absolute Gasteiger partial charge is 0.0344 e. The number of hydrogen-bond acceptors (Lipinski definition) is 2. The molecule has 0 heterocycles. The van der Waals surface area contributed by atoms with Crippen molar-refractivity contribution in [3.05, 3.63) is 23.8 Å². The van der Waals surface area contributed by atoms with Crippen LogP contribution in [0.3, 0.4) is 0 Å². The summed E-state index contributed by atoms with van der Waals surface area (Å²) in [6.07, 6.45) is 4.30. The number of thioether (sulfide) groups is 1. The molecule has 0 aromatic heterocycles. The van der Waals surface area contributed by atoms with Crippen LogP contribution in [0.1, 0.15) is 24.8 Å². The van der Waals surface area contributed by atoms with Crippen LogP contribution in [0.4, 0.5) is 5.69 Å². The van der Waals surface area contributed by atoms with Crippen LogP contribution in [-0.2, 0) is 0 Å². The summed E-state index contributed by atoms with van der Waals surface area (Å²) < 4.78 is 0. The van der Waals surface area contributed by atoms with Gasteiger partial charge < -0.3 is 5.73 Å². The highest BCUT2D eigenvalue weighted by molar-refractivity contribution is 7.99. The van der Waals surface area contributed by atoms with Gasteiger partial charge in [-0.05, 0) is 48.8 Å². The van der Waals surface area contributed by atoms with Gasteiger partial charge in [0, 0.05) is 10.6 Å². The Labute approximate surface area is 90.1 Å². The molecule has 1 aliphatic carbocycles. The Morgan fingerprint density at radius 3 is 2.86 bits per heavy atom. The van der Waals surface area contributed by atoms with Crippen LogP contribution in [0.25, 0.3) is 0 Å². The van der Waals surface area contributed by atoms with Gasteiger partial charge in [0.25, 0.3) is 0 Å². The van der Waals surface area contributed by atoms with E-state index in [4.69, 9.17) is 5.73 Å². The van der Waals surface area contributed by atoms with E-state index in [-0.39, 0.29) is 0 Å². The van der Waals surface area contributed by atoms with Gasteiger partial charge in [-0.25, -0.2) is 0 Å². The molecular weight excluding hydrogens is 190 g/mol. The summed E-state index contributed by atoms with van der Waals surface area (Å²) in [5.41, 5.74) is 7.86. The first-order valence-corrected chi connectivity index (χ1v) is 6.23. The van der Waals surface area contributed by atoms with Gasteiger partial charge in [0.15, 0.2) is 0 Å². The van der Waals surface area contributed by atoms with E-state index in [1.807, 2.05) is 17.8 Å². The fourth-order valence-electron chi connectivity index (χ4n) is 1.49. The van der Waals surface area contributed by atoms with Crippen LogP contribution >= 0.6 is 11.8 Å². The van der Waals surface area contributed by atoms with Crippen molar-refractivity contribution in [1.82, 2.24) is 0 Å². The molecule has 0 amide bonds. The summed E-state index contributed by atoms with van der Waals surface area (Å²) in [6.45, 7) is 2.07. The SMILES string of the molecule is Cc1cc(SCCC2CC2)ccc1N. The van der Waals surface area contributed by atoms with E-state index in [0.29, 0.717) is 0 Å². The number of aryl methyl sites for hydroxylation is 1. The van der Waals surface area contributed by atoms with Crippen molar-refractivity contribution in [2.45, 2.75) is 31.1 Å². The van der Waals surface area contributed by atoms with Gasteiger partial charge in [0.2, 0.25) is 0 Å². The van der Waals surface area contributed by atoms with E-state index in [2.05, 4.69) is 19.1 Å². The number of nitrogens with two attached hydrogens (primary N) is 1. The maximum absolute atomic E-state index is 5.77. The van der Waals surface area contributed by atoms with Gasteiger partial charge >= 0.3 is 0 Å². The Balaban J connectivity index is 1.85. The zero-order valence-corrected chi connectivity index (χ0v) is 9.44. The van der Waals surface area contributed by atoms with E-state index in [1.165, 1.54) is 35.5 Å². The molecule has 0 radical (unpaired) electrons. The summed E-state index contributed by atoms with van der Waals surface area (Å²) in [7, 11) is 0. The number of anilines is 1. The minimum absolute atomic E-state index is 0.900. The Morgan fingerprint density at radius 2 is 2.21 bits per heavy atom. The molecule has 1 saturated carbocycles. The molecule has 1 fully saturated rings. The first kappa shape index (κ1) is 9.91. The lowest BCUT2D eigenvalue weighted by Gasteiger charge is -2.04. The number of nitrogen functional groups attached to an aromatic ring is 1. The fourth-order valence-corrected chi connectivity index (χ4v) is 2.60. The highest BCUT2D eigenvalue weighted by Crippen LogP contribution is 2.34. The van der Waals surface area contributed by atoms with E-state index < -0.39 is 0 Å². The molecule has 0 aliphatic heterocycles. The molecule has 1 aromatic carbocycles. The van der Waals surface area contributed by atoms with Crippen molar-refractivity contribution >= 4 is 17.4 Å². The molecule has 0 spiro atoms. The minimum atomic E-state index is 0.900. The first-order valence-electron chi connectivity index (χ1n) is 5.24. The average molecular weight is 207 g/mol. The van der Waals surface area contributed by atoms with Crippen LogP contribution in [0, 0.1) is 12.8 Å². The molecule has 0 atom stereocenters. The lowest BCUT2D eigenvalue weighted by Crippen LogP contribution is -1.89. The third-order valence-corrected chi connectivity index (χ3v) is 3.76. The summed E-state index contributed by atoms with van der Waals surface area (Å²) in [4.78, 5) is 1.36. The second-order valence-electron chi connectivity index (χ2n) is 4.10. The lowest BCUT2D eigenvalue weighted by molar-refractivity contribution is 0.809. The third kappa shape index (κ3) is 2.68. The number of benzene rings is 1. The van der Waals surface area contributed by atoms with Crippen molar-refractivity contribution in [3.63, 3.8) is 0 Å². The molecule has 14 heavy (non-hydrogen) atoms. The largest absolute Gasteiger partial charge is 0.399 e. The lowest BCUT2D eigenvalue weighted by atomic mass is 10.2. The topological polar surface area (TPSA) is 26.0 Å². The maximum Gasteiger partial charge on any atom is 0.0344 e. The van der Waals surface area contributed by atoms with Crippen LogP contribution in [-0.4, -0.2) is 5.75 Å². The molecule has 0 saturated heterocycles. The van der Waals surface area contributed by atoms with Gasteiger partial charge in [0.05, 0.1) is 0 Å². The van der Waals surface area contributed by atoms with Gasteiger partial charge in [-0.1, -0.05) is 12.8 Å². The van der Waals surface area contributed by atoms with E-state index in [0.717, 1.165) is 11.6 Å². The molecule has 1 aliphatic rings. The van der Waals surface area contributed by atoms with Crippen molar-refractivity contribution in [1.29, 1.82) is 0 Å². The molecular formula is C12H17NS. The average Bonchev–Trinajstić information content (AvgIpc) is 2.95. The molecule has 2 heteroatoms. The number of rotatable bonds is 4. The molecule has 76 valence electrons. The summed E-state index contributed by atoms with van der Waals surface area (Å²) in [5, 5.41) is 0. The minimum Gasteiger partial charge on any atom is -0.399 e. The van der Waals surface area contributed by atoms with Crippen LogP contribution in [0.15, 0.2) is 23.1 Å². The summed E-state index contributed by atoms with van der Waals surface area (Å²) in [6, 6.07) is 6.32. The molecule has 0 bridgehead atoms. The van der Waals surface area contributed by atoms with Gasteiger partial charge in [0.1, 0.15) is 0 Å². The van der Waals surface area contributed by atoms with Crippen LogP contribution in [0.5, 0.6) is 0 Å². The Morgan fingerprint density at radius 1 is 1.43 bits per heavy atom. The Bertz CT molecular complexity index is 318. The zero-order chi connectivity index (χ0) is 9.97. The first-order chi connectivity index (χ1) is 6.75. The standard InChI is InChI=1S/C12H17NS/c1-9-8-11(4-5-12(9)13)14-7-6-10-2-3-10/h4-5,8,10H,2-3,6-7,13H2,1H3. The quantitative estimate of drug-likeness (QED) is 0.604. The van der Waals surface area contributed by atoms with E-state index >= 15 is 0 Å². The normalized spacial score (nSPS) is 15.8. The molecule has 2 N–H and O–H groups in total. The van der Waals surface area contributed by atoms with Crippen molar-refractivity contribution < 1.29 is 0 Å². The van der Waals surface area contributed by atoms with Crippen molar-refractivity contribution in [3.8, 4) is 0 Å². The predicted octanol–water partition coefficient (Wildman–Crippen LogP) is 3.47. The maximum atomic E-state index is 5.77. The van der Waals surface area contributed by atoms with E-state index in [9.17, 15) is 0 Å². The summed E-state index contributed by atoms with van der Waals surface area (Å²) in [5.74, 6) is 2.30. The van der Waals surface area contributed by atoms with Crippen molar-refractivity contribution in [2.75, 3.05) is 11.5 Å². The third-order valence-electron chi connectivity index (χ3n) is 2.73. The summed E-state index contributed by atoms with van der Waals surface area (Å²) >= 11 is 1.96. The fraction of sp³-hybridized carbons (Fsp3) is 0.500. The zero-order valence-electron chi connectivity index (χ0n) is 8.62. The second-order valence-corrected chi connectivity index (χ2v) is 5.27. The molecule has 1 aromatic rings. The van der Waals surface area contributed by atoms with Gasteiger partial charge in [-0.15, -0.1) is 11.8 Å². The molecule has 1 nitrogen and oxygen atoms in total. The molecule has 0 unspecified atom stereocenters.